The number of nitrogens with one attached hydrogen (secondary N) is 2. The zero-order chi connectivity index (χ0) is 20.2. The van der Waals surface area contributed by atoms with Gasteiger partial charge in [-0.05, 0) is 42.5 Å². The quantitative estimate of drug-likeness (QED) is 0.326. The van der Waals surface area contributed by atoms with E-state index >= 15 is 0 Å². The molecule has 0 bridgehead atoms. The number of hydrogen-bond donors (Lipinski definition) is 3. The molecule has 0 spiro atoms. The van der Waals surface area contributed by atoms with Crippen LogP contribution in [0.25, 0.3) is 16.9 Å². The molecule has 0 saturated carbocycles. The molecule has 0 amide bonds. The first-order valence-corrected chi connectivity index (χ1v) is 8.96. The Labute approximate surface area is 166 Å². The Kier molecular flexibility index (Phi) is 5.12. The number of ether oxygens (including phenoxy) is 2. The predicted octanol–water partition coefficient (Wildman–Crippen LogP) is 2.46. The first kappa shape index (κ1) is 18.5. The Hall–Kier alpha value is -3.85. The summed E-state index contributed by atoms with van der Waals surface area (Å²) in [6.45, 7) is 1.01. The second-order valence-electron chi connectivity index (χ2n) is 6.28. The van der Waals surface area contributed by atoms with Crippen LogP contribution in [0.15, 0.2) is 59.5 Å². The third kappa shape index (κ3) is 4.04. The lowest BCUT2D eigenvalue weighted by Gasteiger charge is -2.08. The van der Waals surface area contributed by atoms with Gasteiger partial charge in [0.1, 0.15) is 17.9 Å². The fourth-order valence-electron chi connectivity index (χ4n) is 2.87. The summed E-state index contributed by atoms with van der Waals surface area (Å²) in [5.41, 5.74) is 8.51. The minimum Gasteiger partial charge on any atom is -0.491 e. The smallest absolute Gasteiger partial charge is 0.332 e. The van der Waals surface area contributed by atoms with Gasteiger partial charge in [-0.2, -0.15) is 4.98 Å². The van der Waals surface area contributed by atoms with E-state index in [0.717, 1.165) is 11.4 Å². The molecule has 0 aliphatic rings. The first-order chi connectivity index (χ1) is 14.1. The average molecular weight is 392 g/mol. The molecule has 0 saturated heterocycles. The minimum absolute atomic E-state index is 0.311. The van der Waals surface area contributed by atoms with E-state index in [1.165, 1.54) is 4.57 Å². The van der Waals surface area contributed by atoms with E-state index in [0.29, 0.717) is 41.7 Å². The van der Waals surface area contributed by atoms with Crippen LogP contribution in [0.3, 0.4) is 0 Å². The number of benzene rings is 2. The maximum atomic E-state index is 12.4. The van der Waals surface area contributed by atoms with Gasteiger partial charge in [0.05, 0.1) is 18.5 Å². The van der Waals surface area contributed by atoms with Gasteiger partial charge in [-0.1, -0.05) is 6.07 Å². The third-order valence-electron chi connectivity index (χ3n) is 4.22. The molecule has 0 aliphatic carbocycles. The molecule has 4 N–H and O–H groups in total. The molecule has 2 aromatic heterocycles. The largest absolute Gasteiger partial charge is 0.491 e. The van der Waals surface area contributed by atoms with E-state index in [4.69, 9.17) is 15.2 Å². The summed E-state index contributed by atoms with van der Waals surface area (Å²) in [6.07, 6.45) is 1.57. The normalized spacial score (nSPS) is 10.9. The highest BCUT2D eigenvalue weighted by molar-refractivity contribution is 5.74. The summed E-state index contributed by atoms with van der Waals surface area (Å²) in [4.78, 5) is 24.0. The first-order valence-electron chi connectivity index (χ1n) is 8.96. The van der Waals surface area contributed by atoms with Crippen molar-refractivity contribution in [3.05, 3.63) is 65.2 Å². The summed E-state index contributed by atoms with van der Waals surface area (Å²) < 4.78 is 12.0. The monoisotopic (exact) mass is 392 g/mol. The van der Waals surface area contributed by atoms with Crippen LogP contribution in [-0.2, 0) is 4.74 Å². The van der Waals surface area contributed by atoms with E-state index in [1.54, 1.807) is 37.6 Å². The average Bonchev–Trinajstić information content (AvgIpc) is 3.04. The van der Waals surface area contributed by atoms with Gasteiger partial charge >= 0.3 is 5.69 Å². The van der Waals surface area contributed by atoms with Gasteiger partial charge in [0.2, 0.25) is 5.95 Å². The maximum absolute atomic E-state index is 12.4. The van der Waals surface area contributed by atoms with Gasteiger partial charge in [-0.15, -0.1) is 0 Å². The van der Waals surface area contributed by atoms with Crippen molar-refractivity contribution in [1.29, 1.82) is 0 Å². The molecule has 0 fully saturated rings. The van der Waals surface area contributed by atoms with Crippen molar-refractivity contribution in [2.24, 2.45) is 0 Å². The Bertz CT molecular complexity index is 1180. The van der Waals surface area contributed by atoms with Crippen LogP contribution in [0.2, 0.25) is 0 Å². The fraction of sp³-hybridized carbons (Fsp3) is 0.150. The minimum atomic E-state index is -0.311. The molecule has 9 nitrogen and oxygen atoms in total. The number of anilines is 3. The maximum Gasteiger partial charge on any atom is 0.332 e. The van der Waals surface area contributed by atoms with Gasteiger partial charge in [-0.25, -0.2) is 14.3 Å². The Morgan fingerprint density at radius 1 is 1.17 bits per heavy atom. The zero-order valence-corrected chi connectivity index (χ0v) is 15.8. The lowest BCUT2D eigenvalue weighted by atomic mass is 10.3. The van der Waals surface area contributed by atoms with Crippen molar-refractivity contribution in [3.8, 4) is 11.4 Å². The van der Waals surface area contributed by atoms with Crippen LogP contribution < -0.4 is 21.5 Å². The number of H-pyrrole nitrogens is 1. The standard InChI is InChI=1S/C20H20N6O3/c1-28-9-10-29-16-7-5-14(6-8-16)23-19-22-12-17-18(25-19)26(20(27)24-17)15-4-2-3-13(21)11-15/h2-8,11-12H,9-10,21H2,1H3,(H,24,27)(H,22,23,25). The molecule has 148 valence electrons. The summed E-state index contributed by atoms with van der Waals surface area (Å²) in [5.74, 6) is 1.10. The van der Waals surface area contributed by atoms with Crippen LogP contribution >= 0.6 is 0 Å². The van der Waals surface area contributed by atoms with Crippen LogP contribution in [0.1, 0.15) is 0 Å². The van der Waals surface area contributed by atoms with Crippen LogP contribution in [0, 0.1) is 0 Å². The number of hydrogen-bond acceptors (Lipinski definition) is 7. The number of methoxy groups -OCH3 is 1. The summed E-state index contributed by atoms with van der Waals surface area (Å²) in [7, 11) is 1.63. The second kappa shape index (κ2) is 8.03. The van der Waals surface area contributed by atoms with E-state index in [2.05, 4.69) is 20.3 Å². The van der Waals surface area contributed by atoms with Crippen LogP contribution in [0.5, 0.6) is 5.75 Å². The number of imidazole rings is 1. The van der Waals surface area contributed by atoms with Crippen molar-refractivity contribution in [2.75, 3.05) is 31.4 Å². The lowest BCUT2D eigenvalue weighted by molar-refractivity contribution is 0.146. The van der Waals surface area contributed by atoms with Crippen molar-refractivity contribution in [1.82, 2.24) is 19.5 Å². The summed E-state index contributed by atoms with van der Waals surface area (Å²) >= 11 is 0. The Balaban J connectivity index is 1.60. The summed E-state index contributed by atoms with van der Waals surface area (Å²) in [6, 6.07) is 14.5. The molecule has 29 heavy (non-hydrogen) atoms. The van der Waals surface area contributed by atoms with Crippen molar-refractivity contribution >= 4 is 28.5 Å². The molecule has 0 atom stereocenters. The zero-order valence-electron chi connectivity index (χ0n) is 15.8. The van der Waals surface area contributed by atoms with E-state index < -0.39 is 0 Å². The number of nitrogen functional groups attached to an aromatic ring is 1. The van der Waals surface area contributed by atoms with Crippen LogP contribution in [0.4, 0.5) is 17.3 Å². The van der Waals surface area contributed by atoms with Gasteiger partial charge in [0, 0.05) is 18.5 Å². The number of aromatic amines is 1. The number of nitrogens with zero attached hydrogens (tertiary/aromatic N) is 3. The molecule has 0 unspecified atom stereocenters. The summed E-state index contributed by atoms with van der Waals surface area (Å²) in [5, 5.41) is 3.13. The molecule has 2 aromatic carbocycles. The molecule has 0 aliphatic heterocycles. The highest BCUT2D eigenvalue weighted by Gasteiger charge is 2.12. The van der Waals surface area contributed by atoms with Gasteiger partial charge in [0.15, 0.2) is 5.65 Å². The number of aromatic nitrogens is 4. The van der Waals surface area contributed by atoms with Gasteiger partial charge in [0.25, 0.3) is 0 Å². The lowest BCUT2D eigenvalue weighted by Crippen LogP contribution is -2.15. The van der Waals surface area contributed by atoms with Crippen molar-refractivity contribution in [2.45, 2.75) is 0 Å². The Morgan fingerprint density at radius 2 is 2.00 bits per heavy atom. The highest BCUT2D eigenvalue weighted by Crippen LogP contribution is 2.20. The molecule has 4 aromatic rings. The molecule has 9 heteroatoms. The molecule has 0 radical (unpaired) electrons. The van der Waals surface area contributed by atoms with Crippen molar-refractivity contribution in [3.63, 3.8) is 0 Å². The van der Waals surface area contributed by atoms with E-state index in [-0.39, 0.29) is 5.69 Å². The number of nitrogens with two attached hydrogens (primary N) is 1. The topological polar surface area (TPSA) is 120 Å². The molecule has 4 rings (SSSR count). The predicted molar refractivity (Wildman–Crippen MR) is 111 cm³/mol. The highest BCUT2D eigenvalue weighted by atomic mass is 16.5. The van der Waals surface area contributed by atoms with Gasteiger partial charge < -0.3 is 25.5 Å². The Morgan fingerprint density at radius 3 is 2.76 bits per heavy atom. The molecule has 2 heterocycles. The van der Waals surface area contributed by atoms with E-state index in [9.17, 15) is 4.79 Å². The number of rotatable bonds is 7. The fourth-order valence-corrected chi connectivity index (χ4v) is 2.87. The third-order valence-corrected chi connectivity index (χ3v) is 4.22. The number of fused-ring (bicyclic) bond motifs is 1. The van der Waals surface area contributed by atoms with Gasteiger partial charge in [-0.3, -0.25) is 0 Å². The SMILES string of the molecule is COCCOc1ccc(Nc2ncc3[nH]c(=O)n(-c4cccc(N)c4)c3n2)cc1. The molecular weight excluding hydrogens is 372 g/mol. The second-order valence-corrected chi connectivity index (χ2v) is 6.28. The van der Waals surface area contributed by atoms with Crippen LogP contribution in [-0.4, -0.2) is 39.8 Å². The van der Waals surface area contributed by atoms with E-state index in [1.807, 2.05) is 24.3 Å². The van der Waals surface area contributed by atoms with Crippen molar-refractivity contribution < 1.29 is 9.47 Å². The molecular formula is C20H20N6O3.